The molecule has 0 aliphatic carbocycles. The van der Waals surface area contributed by atoms with Crippen molar-refractivity contribution in [3.8, 4) is 0 Å². The summed E-state index contributed by atoms with van der Waals surface area (Å²) < 4.78 is 58.4. The van der Waals surface area contributed by atoms with Crippen molar-refractivity contribution in [1.29, 1.82) is 0 Å². The zero-order valence-corrected chi connectivity index (χ0v) is 46.4. The lowest BCUT2D eigenvalue weighted by atomic mass is 10.1. The first-order valence-electron chi connectivity index (χ1n) is 29.7. The molecule has 67 heavy (non-hydrogen) atoms. The second-order valence-corrected chi connectivity index (χ2v) is 19.6. The fraction of sp³-hybridized carbons (Fsp3) is 1.00. The Labute approximate surface area is 418 Å². The van der Waals surface area contributed by atoms with Crippen molar-refractivity contribution < 1.29 is 42.6 Å². The van der Waals surface area contributed by atoms with Crippen LogP contribution in [-0.2, 0) is 42.6 Å². The molecular formula is C58H118O9. The Bertz CT molecular complexity index is 822. The molecule has 0 N–H and O–H groups in total. The number of unbranched alkanes of at least 4 members (excludes halogenated alkanes) is 30. The number of hydrogen-bond donors (Lipinski definition) is 0. The van der Waals surface area contributed by atoms with E-state index in [1.54, 1.807) is 0 Å². The Kier molecular flexibility index (Phi) is 51.7. The van der Waals surface area contributed by atoms with Gasteiger partial charge in [0.15, 0.2) is 26.2 Å². The van der Waals surface area contributed by atoms with Crippen LogP contribution in [0.5, 0.6) is 0 Å². The van der Waals surface area contributed by atoms with E-state index in [1.807, 2.05) is 0 Å². The summed E-state index contributed by atoms with van der Waals surface area (Å²) in [6.07, 6.45) is 45.5. The Morgan fingerprint density at radius 3 is 0.716 bits per heavy atom. The topological polar surface area (TPSA) is 83.1 Å². The molecule has 0 aromatic rings. The van der Waals surface area contributed by atoms with Crippen molar-refractivity contribution >= 4 is 0 Å². The molecule has 0 saturated carbocycles. The standard InChI is InChI=1S/C58H118O9/c1-9-17-23-27-31-35-39-43-49-62-57(47-21-13-5,63-50-44-40-36-32-28-24-18-10-2)66-55(15-7)60-53-59-54-61-56(16-8)67-58(48-22-14-6,64-51-45-41-37-33-29-25-19-11-3)65-52-46-42-38-34-30-26-20-12-4/h55-56H,9-54H2,1-8H3. The van der Waals surface area contributed by atoms with Gasteiger partial charge in [-0.3, -0.25) is 9.47 Å². The van der Waals surface area contributed by atoms with Gasteiger partial charge in [-0.25, -0.2) is 0 Å². The van der Waals surface area contributed by atoms with E-state index in [0.717, 1.165) is 77.0 Å². The molecule has 0 spiro atoms. The van der Waals surface area contributed by atoms with E-state index in [1.165, 1.54) is 154 Å². The molecule has 2 atom stereocenters. The molecule has 0 aromatic carbocycles. The largest absolute Gasteiger partial charge is 0.329 e. The Morgan fingerprint density at radius 2 is 0.493 bits per heavy atom. The second-order valence-electron chi connectivity index (χ2n) is 19.6. The van der Waals surface area contributed by atoms with Crippen LogP contribution < -0.4 is 0 Å². The zero-order valence-electron chi connectivity index (χ0n) is 46.4. The molecule has 9 heteroatoms. The first kappa shape index (κ1) is 66.6. The fourth-order valence-corrected chi connectivity index (χ4v) is 8.42. The highest BCUT2D eigenvalue weighted by molar-refractivity contribution is 4.64. The Morgan fingerprint density at radius 1 is 0.269 bits per heavy atom. The minimum atomic E-state index is -1.14. The van der Waals surface area contributed by atoms with Crippen molar-refractivity contribution in [3.63, 3.8) is 0 Å². The van der Waals surface area contributed by atoms with Crippen molar-refractivity contribution in [2.24, 2.45) is 0 Å². The smallest absolute Gasteiger partial charge is 0.285 e. The van der Waals surface area contributed by atoms with E-state index in [9.17, 15) is 0 Å². The van der Waals surface area contributed by atoms with E-state index in [0.29, 0.717) is 52.1 Å². The average Bonchev–Trinajstić information content (AvgIpc) is 3.34. The van der Waals surface area contributed by atoms with Crippen LogP contribution in [-0.4, -0.2) is 64.5 Å². The predicted molar refractivity (Wildman–Crippen MR) is 282 cm³/mol. The maximum absolute atomic E-state index is 6.71. The van der Waals surface area contributed by atoms with Gasteiger partial charge in [-0.05, 0) is 51.4 Å². The van der Waals surface area contributed by atoms with Crippen molar-refractivity contribution in [1.82, 2.24) is 0 Å². The molecule has 404 valence electrons. The van der Waals surface area contributed by atoms with E-state index in [4.69, 9.17) is 42.6 Å². The SMILES string of the molecule is CCCCCCCCCCOC(CCCC)(OCCCCCCCCCC)OC(CC)OCOCOC(CC)OC(CCCC)(OCCCCCCCCCC)OCCCCCCCCCC. The minimum absolute atomic E-state index is 0.0136. The summed E-state index contributed by atoms with van der Waals surface area (Å²) in [6, 6.07) is 0. The molecule has 2 unspecified atom stereocenters. The Balaban J connectivity index is 5.53. The van der Waals surface area contributed by atoms with Gasteiger partial charge in [0.2, 0.25) is 0 Å². The van der Waals surface area contributed by atoms with E-state index < -0.39 is 24.5 Å². The predicted octanol–water partition coefficient (Wildman–Crippen LogP) is 18.8. The molecule has 0 aliphatic rings. The maximum atomic E-state index is 6.71. The van der Waals surface area contributed by atoms with Crippen LogP contribution in [0.4, 0.5) is 0 Å². The van der Waals surface area contributed by atoms with Crippen LogP contribution in [0.3, 0.4) is 0 Å². The van der Waals surface area contributed by atoms with Gasteiger partial charge in [0.25, 0.3) is 11.9 Å². The lowest BCUT2D eigenvalue weighted by molar-refractivity contribution is -0.432. The molecule has 0 bridgehead atoms. The molecule has 0 fully saturated rings. The fourth-order valence-electron chi connectivity index (χ4n) is 8.42. The van der Waals surface area contributed by atoms with Gasteiger partial charge in [-0.15, -0.1) is 0 Å². The van der Waals surface area contributed by atoms with Crippen LogP contribution in [0.25, 0.3) is 0 Å². The third kappa shape index (κ3) is 41.9. The summed E-state index contributed by atoms with van der Waals surface area (Å²) in [7, 11) is 0. The summed E-state index contributed by atoms with van der Waals surface area (Å²) >= 11 is 0. The van der Waals surface area contributed by atoms with Gasteiger partial charge in [0, 0.05) is 12.8 Å². The van der Waals surface area contributed by atoms with Crippen molar-refractivity contribution in [2.75, 3.05) is 40.0 Å². The monoisotopic (exact) mass is 959 g/mol. The normalized spacial score (nSPS) is 13.3. The van der Waals surface area contributed by atoms with Gasteiger partial charge in [-0.1, -0.05) is 248 Å². The summed E-state index contributed by atoms with van der Waals surface area (Å²) in [5.74, 6) is -2.27. The summed E-state index contributed by atoms with van der Waals surface area (Å²) in [6.45, 7) is 20.1. The minimum Gasteiger partial charge on any atom is -0.329 e. The molecule has 0 radical (unpaired) electrons. The molecule has 0 rings (SSSR count). The molecule has 0 aromatic heterocycles. The summed E-state index contributed by atoms with van der Waals surface area (Å²) in [5.41, 5.74) is 0. The molecule has 0 saturated heterocycles. The molecule has 9 nitrogen and oxygen atoms in total. The van der Waals surface area contributed by atoms with Crippen molar-refractivity contribution in [3.05, 3.63) is 0 Å². The lowest BCUT2D eigenvalue weighted by Crippen LogP contribution is -2.44. The first-order chi connectivity index (χ1) is 32.9. The highest BCUT2D eigenvalue weighted by Crippen LogP contribution is 2.30. The second kappa shape index (κ2) is 52.0. The van der Waals surface area contributed by atoms with Gasteiger partial charge < -0.3 is 33.2 Å². The van der Waals surface area contributed by atoms with E-state index >= 15 is 0 Å². The third-order valence-corrected chi connectivity index (χ3v) is 12.9. The Hall–Kier alpha value is -0.360. The van der Waals surface area contributed by atoms with Crippen LogP contribution in [0.15, 0.2) is 0 Å². The number of ether oxygens (including phenoxy) is 9. The van der Waals surface area contributed by atoms with E-state index in [-0.39, 0.29) is 13.6 Å². The number of rotatable bonds is 58. The first-order valence-corrected chi connectivity index (χ1v) is 29.7. The van der Waals surface area contributed by atoms with Crippen LogP contribution in [0, 0.1) is 0 Å². The average molecular weight is 960 g/mol. The van der Waals surface area contributed by atoms with Crippen LogP contribution in [0.1, 0.15) is 312 Å². The van der Waals surface area contributed by atoms with Gasteiger partial charge in [0.05, 0.1) is 26.4 Å². The van der Waals surface area contributed by atoms with E-state index in [2.05, 4.69) is 55.4 Å². The highest BCUT2D eigenvalue weighted by atomic mass is 16.9. The molecule has 0 amide bonds. The van der Waals surface area contributed by atoms with Crippen LogP contribution >= 0.6 is 0 Å². The lowest BCUT2D eigenvalue weighted by Gasteiger charge is -2.36. The maximum Gasteiger partial charge on any atom is 0.285 e. The molecule has 0 heterocycles. The third-order valence-electron chi connectivity index (χ3n) is 12.9. The number of hydrogen-bond acceptors (Lipinski definition) is 9. The summed E-state index contributed by atoms with van der Waals surface area (Å²) in [5, 5.41) is 0. The van der Waals surface area contributed by atoms with Gasteiger partial charge >= 0.3 is 0 Å². The summed E-state index contributed by atoms with van der Waals surface area (Å²) in [4.78, 5) is 0. The van der Waals surface area contributed by atoms with Gasteiger partial charge in [0.1, 0.15) is 0 Å². The zero-order chi connectivity index (χ0) is 49.0. The molecular weight excluding hydrogens is 841 g/mol. The van der Waals surface area contributed by atoms with Gasteiger partial charge in [-0.2, -0.15) is 0 Å². The van der Waals surface area contributed by atoms with Crippen LogP contribution in [0.2, 0.25) is 0 Å². The van der Waals surface area contributed by atoms with Crippen molar-refractivity contribution in [2.45, 2.75) is 337 Å². The quantitative estimate of drug-likeness (QED) is 0.0437. The highest BCUT2D eigenvalue weighted by Gasteiger charge is 2.37. The molecule has 0 aliphatic heterocycles.